The molecule has 0 bridgehead atoms. The summed E-state index contributed by atoms with van der Waals surface area (Å²) in [6.45, 7) is 1.74. The Morgan fingerprint density at radius 2 is 1.93 bits per heavy atom. The highest BCUT2D eigenvalue weighted by Crippen LogP contribution is 2.34. The molecule has 0 saturated heterocycles. The van der Waals surface area contributed by atoms with Crippen molar-refractivity contribution in [3.8, 4) is 11.4 Å². The molecule has 1 aromatic carbocycles. The molecular formula is C23H30N4O2S. The fourth-order valence-electron chi connectivity index (χ4n) is 4.07. The first-order chi connectivity index (χ1) is 14.6. The van der Waals surface area contributed by atoms with Crippen LogP contribution in [0.15, 0.2) is 29.1 Å². The van der Waals surface area contributed by atoms with Gasteiger partial charge in [-0.05, 0) is 82.6 Å². The van der Waals surface area contributed by atoms with Gasteiger partial charge in [0.25, 0.3) is 5.56 Å². The maximum Gasteiger partial charge on any atom is 0.268 e. The molecule has 1 aliphatic rings. The molecule has 0 radical (unpaired) electrons. The van der Waals surface area contributed by atoms with Crippen LogP contribution in [-0.4, -0.2) is 48.7 Å². The van der Waals surface area contributed by atoms with Gasteiger partial charge >= 0.3 is 0 Å². The lowest BCUT2D eigenvalue weighted by atomic mass is 10.1. The van der Waals surface area contributed by atoms with Crippen molar-refractivity contribution in [3.05, 3.63) is 45.1 Å². The van der Waals surface area contributed by atoms with Crippen molar-refractivity contribution in [2.24, 2.45) is 0 Å². The summed E-state index contributed by atoms with van der Waals surface area (Å²) in [7, 11) is 5.78. The Hall–Kier alpha value is -2.38. The smallest absolute Gasteiger partial charge is 0.268 e. The number of nitrogens with one attached hydrogen (secondary N) is 1. The molecule has 1 N–H and O–H groups in total. The molecule has 4 rings (SSSR count). The third kappa shape index (κ3) is 4.23. The number of fused-ring (bicyclic) bond motifs is 3. The van der Waals surface area contributed by atoms with Gasteiger partial charge in [0.1, 0.15) is 10.6 Å². The monoisotopic (exact) mass is 426 g/mol. The van der Waals surface area contributed by atoms with E-state index < -0.39 is 0 Å². The van der Waals surface area contributed by atoms with Gasteiger partial charge in [-0.1, -0.05) is 6.42 Å². The minimum Gasteiger partial charge on any atom is -0.497 e. The van der Waals surface area contributed by atoms with E-state index >= 15 is 0 Å². The number of anilines is 1. The summed E-state index contributed by atoms with van der Waals surface area (Å²) >= 11 is 1.70. The Morgan fingerprint density at radius 3 is 2.67 bits per heavy atom. The molecule has 0 fully saturated rings. The van der Waals surface area contributed by atoms with Crippen LogP contribution in [0.3, 0.4) is 0 Å². The number of rotatable bonds is 7. The fraction of sp³-hybridized carbons (Fsp3) is 0.478. The van der Waals surface area contributed by atoms with Gasteiger partial charge < -0.3 is 15.0 Å². The summed E-state index contributed by atoms with van der Waals surface area (Å²) in [6.07, 6.45) is 6.58. The molecular weight excluding hydrogens is 396 g/mol. The molecule has 6 nitrogen and oxygen atoms in total. The molecule has 160 valence electrons. The van der Waals surface area contributed by atoms with Crippen LogP contribution in [0, 0.1) is 0 Å². The lowest BCUT2D eigenvalue weighted by Crippen LogP contribution is -2.25. The molecule has 3 aromatic rings. The minimum absolute atomic E-state index is 0.0275. The van der Waals surface area contributed by atoms with Crippen LogP contribution in [0.4, 0.5) is 5.95 Å². The Bertz CT molecular complexity index is 1070. The fourth-order valence-corrected chi connectivity index (χ4v) is 5.32. The quantitative estimate of drug-likeness (QED) is 0.456. The average Bonchev–Trinajstić information content (AvgIpc) is 2.92. The Balaban J connectivity index is 1.81. The highest BCUT2D eigenvalue weighted by molar-refractivity contribution is 7.18. The molecule has 2 aromatic heterocycles. The van der Waals surface area contributed by atoms with Gasteiger partial charge in [0, 0.05) is 11.4 Å². The summed E-state index contributed by atoms with van der Waals surface area (Å²) in [4.78, 5) is 23.0. The van der Waals surface area contributed by atoms with Crippen molar-refractivity contribution in [1.29, 1.82) is 0 Å². The van der Waals surface area contributed by atoms with Crippen LogP contribution in [0.1, 0.15) is 36.1 Å². The van der Waals surface area contributed by atoms with Crippen molar-refractivity contribution in [2.45, 2.75) is 38.5 Å². The predicted octanol–water partition coefficient (Wildman–Crippen LogP) is 4.09. The third-order valence-electron chi connectivity index (χ3n) is 5.63. The van der Waals surface area contributed by atoms with Crippen molar-refractivity contribution < 1.29 is 4.74 Å². The Kier molecular flexibility index (Phi) is 6.39. The number of hydrogen-bond acceptors (Lipinski definition) is 6. The number of ether oxygens (including phenoxy) is 1. The van der Waals surface area contributed by atoms with Gasteiger partial charge in [-0.15, -0.1) is 11.3 Å². The first-order valence-electron chi connectivity index (χ1n) is 10.7. The van der Waals surface area contributed by atoms with Gasteiger partial charge in [-0.25, -0.2) is 9.55 Å². The van der Waals surface area contributed by atoms with Crippen molar-refractivity contribution in [3.63, 3.8) is 0 Å². The van der Waals surface area contributed by atoms with Crippen LogP contribution in [0.5, 0.6) is 5.75 Å². The molecule has 7 heteroatoms. The van der Waals surface area contributed by atoms with Gasteiger partial charge in [0.2, 0.25) is 5.95 Å². The second-order valence-corrected chi connectivity index (χ2v) is 9.19. The topological polar surface area (TPSA) is 59.4 Å². The molecule has 0 spiro atoms. The summed E-state index contributed by atoms with van der Waals surface area (Å²) in [5.74, 6) is 1.39. The normalized spacial score (nSPS) is 14.0. The third-order valence-corrected chi connectivity index (χ3v) is 6.82. The molecule has 2 heterocycles. The van der Waals surface area contributed by atoms with E-state index in [0.717, 1.165) is 60.4 Å². The van der Waals surface area contributed by atoms with Gasteiger partial charge in [0.15, 0.2) is 0 Å². The number of aromatic nitrogens is 2. The van der Waals surface area contributed by atoms with E-state index in [9.17, 15) is 4.79 Å². The van der Waals surface area contributed by atoms with Crippen LogP contribution in [0.2, 0.25) is 0 Å². The van der Waals surface area contributed by atoms with Gasteiger partial charge in [-0.2, -0.15) is 0 Å². The highest BCUT2D eigenvalue weighted by Gasteiger charge is 2.22. The first kappa shape index (κ1) is 20.9. The molecule has 30 heavy (non-hydrogen) atoms. The van der Waals surface area contributed by atoms with Crippen LogP contribution < -0.4 is 15.6 Å². The summed E-state index contributed by atoms with van der Waals surface area (Å²) in [5.41, 5.74) is 2.06. The lowest BCUT2D eigenvalue weighted by molar-refractivity contribution is 0.405. The second-order valence-electron chi connectivity index (χ2n) is 8.10. The second kappa shape index (κ2) is 9.18. The van der Waals surface area contributed by atoms with Gasteiger partial charge in [0.05, 0.1) is 18.2 Å². The maximum atomic E-state index is 13.7. The van der Waals surface area contributed by atoms with E-state index in [0.29, 0.717) is 5.95 Å². The number of hydrogen-bond donors (Lipinski definition) is 1. The van der Waals surface area contributed by atoms with Crippen LogP contribution in [0.25, 0.3) is 15.9 Å². The SMILES string of the molecule is COc1ccc(-n2c(NCCCN(C)C)nc3sc4c(c3c2=O)CCCCC4)cc1. The molecule has 0 aliphatic heterocycles. The molecule has 0 amide bonds. The van der Waals surface area contributed by atoms with E-state index in [1.54, 1.807) is 23.0 Å². The van der Waals surface area contributed by atoms with E-state index in [2.05, 4.69) is 24.3 Å². The van der Waals surface area contributed by atoms with Crippen molar-refractivity contribution in [2.75, 3.05) is 39.6 Å². The lowest BCUT2D eigenvalue weighted by Gasteiger charge is -2.15. The Labute approximate surface area is 181 Å². The number of methoxy groups -OCH3 is 1. The first-order valence-corrected chi connectivity index (χ1v) is 11.5. The molecule has 1 aliphatic carbocycles. The van der Waals surface area contributed by atoms with E-state index in [1.165, 1.54) is 23.3 Å². The van der Waals surface area contributed by atoms with Crippen LogP contribution >= 0.6 is 11.3 Å². The molecule has 0 atom stereocenters. The van der Waals surface area contributed by atoms with Crippen molar-refractivity contribution in [1.82, 2.24) is 14.5 Å². The zero-order chi connectivity index (χ0) is 21.1. The number of aryl methyl sites for hydroxylation is 2. The van der Waals surface area contributed by atoms with E-state index in [1.807, 2.05) is 24.3 Å². The Morgan fingerprint density at radius 1 is 1.17 bits per heavy atom. The number of thiophene rings is 1. The summed E-state index contributed by atoms with van der Waals surface area (Å²) in [5, 5.41) is 4.23. The zero-order valence-electron chi connectivity index (χ0n) is 18.0. The number of nitrogens with zero attached hydrogens (tertiary/aromatic N) is 3. The summed E-state index contributed by atoms with van der Waals surface area (Å²) < 4.78 is 7.02. The molecule has 0 unspecified atom stereocenters. The van der Waals surface area contributed by atoms with E-state index in [-0.39, 0.29) is 5.56 Å². The number of benzene rings is 1. The largest absolute Gasteiger partial charge is 0.497 e. The molecule has 0 saturated carbocycles. The highest BCUT2D eigenvalue weighted by atomic mass is 32.1. The van der Waals surface area contributed by atoms with E-state index in [4.69, 9.17) is 9.72 Å². The summed E-state index contributed by atoms with van der Waals surface area (Å²) in [6, 6.07) is 7.61. The van der Waals surface area contributed by atoms with Crippen molar-refractivity contribution >= 4 is 27.5 Å². The van der Waals surface area contributed by atoms with Crippen LogP contribution in [-0.2, 0) is 12.8 Å². The standard InChI is InChI=1S/C23H30N4O2S/c1-26(2)15-7-14-24-23-25-21-20(18-8-5-4-6-9-19(18)30-21)22(28)27(23)16-10-12-17(29-3)13-11-16/h10-13H,4-9,14-15H2,1-3H3,(H,24,25). The van der Waals surface area contributed by atoms with Gasteiger partial charge in [-0.3, -0.25) is 4.79 Å². The zero-order valence-corrected chi connectivity index (χ0v) is 18.8. The predicted molar refractivity (Wildman–Crippen MR) is 125 cm³/mol. The minimum atomic E-state index is 0.0275. The maximum absolute atomic E-state index is 13.7. The average molecular weight is 427 g/mol.